The third-order valence-corrected chi connectivity index (χ3v) is 7.75. The van der Waals surface area contributed by atoms with Crippen LogP contribution in [0, 0.1) is 17.2 Å². The molecule has 172 valence electrons. The van der Waals surface area contributed by atoms with Gasteiger partial charge in [-0.2, -0.15) is 5.26 Å². The van der Waals surface area contributed by atoms with Crippen LogP contribution in [0.15, 0.2) is 53.2 Å². The summed E-state index contributed by atoms with van der Waals surface area (Å²) in [6.07, 6.45) is 5.70. The fourth-order valence-corrected chi connectivity index (χ4v) is 5.94. The fraction of sp³-hybridized carbons (Fsp3) is 0.440. The van der Waals surface area contributed by atoms with Gasteiger partial charge in [0.15, 0.2) is 0 Å². The number of hydrogen-bond acceptors (Lipinski definition) is 5. The Balaban J connectivity index is 1.32. The van der Waals surface area contributed by atoms with E-state index >= 15 is 0 Å². The molecular formula is C25H29N5O2S. The average molecular weight is 464 g/mol. The Bertz CT molecular complexity index is 1090. The van der Waals surface area contributed by atoms with Crippen molar-refractivity contribution in [3.63, 3.8) is 0 Å². The molecule has 0 saturated heterocycles. The summed E-state index contributed by atoms with van der Waals surface area (Å²) in [4.78, 5) is 32.7. The summed E-state index contributed by atoms with van der Waals surface area (Å²) in [6, 6.07) is 12.4. The van der Waals surface area contributed by atoms with E-state index in [9.17, 15) is 14.9 Å². The van der Waals surface area contributed by atoms with Gasteiger partial charge in [-0.3, -0.25) is 9.59 Å². The zero-order chi connectivity index (χ0) is 23.4. The highest BCUT2D eigenvalue weighted by molar-refractivity contribution is 8.04. The molecule has 3 unspecified atom stereocenters. The number of carbonyl (C=O) groups excluding carboxylic acids is 2. The van der Waals surface area contributed by atoms with Crippen molar-refractivity contribution in [3.8, 4) is 6.07 Å². The minimum Gasteiger partial charge on any atom is -0.342 e. The molecule has 1 aromatic carbocycles. The van der Waals surface area contributed by atoms with Gasteiger partial charge in [0, 0.05) is 50.2 Å². The summed E-state index contributed by atoms with van der Waals surface area (Å²) >= 11 is 1.53. The zero-order valence-corrected chi connectivity index (χ0v) is 19.8. The van der Waals surface area contributed by atoms with Crippen molar-refractivity contribution in [2.75, 3.05) is 13.1 Å². The number of aryl methyl sites for hydroxylation is 2. The quantitative estimate of drug-likeness (QED) is 0.680. The van der Waals surface area contributed by atoms with Crippen molar-refractivity contribution in [2.45, 2.75) is 43.9 Å². The minimum absolute atomic E-state index is 0.0491. The second kappa shape index (κ2) is 10.3. The Kier molecular flexibility index (Phi) is 7.19. The number of aromatic nitrogens is 2. The molecular weight excluding hydrogens is 434 g/mol. The van der Waals surface area contributed by atoms with Crippen LogP contribution in [0.5, 0.6) is 0 Å². The lowest BCUT2D eigenvalue weighted by atomic mass is 9.94. The van der Waals surface area contributed by atoms with Gasteiger partial charge >= 0.3 is 0 Å². The van der Waals surface area contributed by atoms with Gasteiger partial charge in [0.1, 0.15) is 5.82 Å². The Morgan fingerprint density at radius 1 is 1.33 bits per heavy atom. The summed E-state index contributed by atoms with van der Waals surface area (Å²) in [5.41, 5.74) is 2.21. The highest BCUT2D eigenvalue weighted by atomic mass is 32.2. The lowest BCUT2D eigenvalue weighted by Gasteiger charge is -2.28. The number of rotatable bonds is 7. The molecule has 1 N–H and O–H groups in total. The van der Waals surface area contributed by atoms with Gasteiger partial charge in [-0.05, 0) is 23.5 Å². The minimum atomic E-state index is -0.342. The predicted octanol–water partition coefficient (Wildman–Crippen LogP) is 3.36. The van der Waals surface area contributed by atoms with Crippen LogP contribution >= 0.6 is 11.8 Å². The van der Waals surface area contributed by atoms with Crippen molar-refractivity contribution in [3.05, 3.63) is 64.6 Å². The summed E-state index contributed by atoms with van der Waals surface area (Å²) in [5, 5.41) is 12.6. The molecule has 0 aliphatic carbocycles. The molecule has 33 heavy (non-hydrogen) atoms. The van der Waals surface area contributed by atoms with Gasteiger partial charge < -0.3 is 14.8 Å². The molecule has 3 heterocycles. The van der Waals surface area contributed by atoms with E-state index in [2.05, 4.69) is 16.4 Å². The van der Waals surface area contributed by atoms with E-state index in [1.165, 1.54) is 11.8 Å². The first-order chi connectivity index (χ1) is 16.0. The maximum Gasteiger partial charge on any atom is 0.223 e. The van der Waals surface area contributed by atoms with Crippen molar-refractivity contribution in [2.24, 2.45) is 13.0 Å². The first-order valence-corrected chi connectivity index (χ1v) is 12.2. The number of thioether (sulfide) groups is 1. The molecule has 0 bridgehead atoms. The number of carbonyl (C=O) groups is 2. The zero-order valence-electron chi connectivity index (χ0n) is 19.0. The van der Waals surface area contributed by atoms with E-state index in [1.807, 2.05) is 60.0 Å². The van der Waals surface area contributed by atoms with Crippen LogP contribution in [-0.2, 0) is 23.1 Å². The number of nitrogens with one attached hydrogen (secondary N) is 1. The number of amides is 2. The average Bonchev–Trinajstić information content (AvgIpc) is 3.39. The second-order valence-corrected chi connectivity index (χ2v) is 9.93. The van der Waals surface area contributed by atoms with Crippen LogP contribution < -0.4 is 5.32 Å². The van der Waals surface area contributed by atoms with Crippen molar-refractivity contribution < 1.29 is 9.59 Å². The van der Waals surface area contributed by atoms with Crippen LogP contribution in [0.4, 0.5) is 0 Å². The van der Waals surface area contributed by atoms with Crippen molar-refractivity contribution in [1.82, 2.24) is 19.8 Å². The van der Waals surface area contributed by atoms with Gasteiger partial charge in [-0.15, -0.1) is 11.8 Å². The van der Waals surface area contributed by atoms with Crippen LogP contribution in [0.2, 0.25) is 0 Å². The number of imidazole rings is 1. The standard InChI is InChI=1S/C25H29N5O2S/c1-17(18-6-4-3-5-7-18)14-23(31)28-25-20(15-26)19-10-12-30(16-21(19)33-25)24(32)9-8-22-27-11-13-29(22)2/h3-7,11,13,17,20,25H,8-10,12,14,16H2,1-2H3,(H,28,31). The number of hydrogen-bond donors (Lipinski definition) is 1. The first kappa shape index (κ1) is 23.1. The molecule has 0 radical (unpaired) electrons. The lowest BCUT2D eigenvalue weighted by molar-refractivity contribution is -0.131. The highest BCUT2D eigenvalue weighted by Crippen LogP contribution is 2.44. The number of nitrogens with zero attached hydrogens (tertiary/aromatic N) is 4. The molecule has 2 aliphatic rings. The van der Waals surface area contributed by atoms with E-state index in [4.69, 9.17) is 0 Å². The van der Waals surface area contributed by atoms with E-state index in [0.29, 0.717) is 38.8 Å². The molecule has 1 aromatic heterocycles. The van der Waals surface area contributed by atoms with Gasteiger partial charge in [0.05, 0.1) is 23.9 Å². The fourth-order valence-electron chi connectivity index (χ4n) is 4.48. The molecule has 0 spiro atoms. The molecule has 8 heteroatoms. The second-order valence-electron chi connectivity index (χ2n) is 8.70. The molecule has 4 rings (SSSR count). The largest absolute Gasteiger partial charge is 0.342 e. The molecule has 0 fully saturated rings. The topological polar surface area (TPSA) is 91.0 Å². The third kappa shape index (κ3) is 5.31. The molecule has 7 nitrogen and oxygen atoms in total. The Hall–Kier alpha value is -3.05. The van der Waals surface area contributed by atoms with E-state index in [0.717, 1.165) is 21.9 Å². The summed E-state index contributed by atoms with van der Waals surface area (Å²) in [5.74, 6) is 0.709. The van der Waals surface area contributed by atoms with Crippen LogP contribution in [0.3, 0.4) is 0 Å². The lowest BCUT2D eigenvalue weighted by Crippen LogP contribution is -2.37. The summed E-state index contributed by atoms with van der Waals surface area (Å²) < 4.78 is 1.93. The highest BCUT2D eigenvalue weighted by Gasteiger charge is 2.39. The predicted molar refractivity (Wildman–Crippen MR) is 128 cm³/mol. The van der Waals surface area contributed by atoms with Gasteiger partial charge in [-0.1, -0.05) is 37.3 Å². The summed E-state index contributed by atoms with van der Waals surface area (Å²) in [7, 11) is 1.93. The van der Waals surface area contributed by atoms with Crippen molar-refractivity contribution in [1.29, 1.82) is 5.26 Å². The Labute approximate surface area is 198 Å². The van der Waals surface area contributed by atoms with Crippen LogP contribution in [-0.4, -0.2) is 44.7 Å². The maximum atomic E-state index is 12.8. The molecule has 0 saturated carbocycles. The smallest absolute Gasteiger partial charge is 0.223 e. The molecule has 2 aliphatic heterocycles. The monoisotopic (exact) mass is 463 g/mol. The Morgan fingerprint density at radius 3 is 2.82 bits per heavy atom. The normalized spacial score (nSPS) is 20.8. The molecule has 3 atom stereocenters. The number of benzene rings is 1. The maximum absolute atomic E-state index is 12.8. The van der Waals surface area contributed by atoms with E-state index in [-0.39, 0.29) is 29.0 Å². The number of nitriles is 1. The molecule has 2 aromatic rings. The van der Waals surface area contributed by atoms with E-state index < -0.39 is 0 Å². The first-order valence-electron chi connectivity index (χ1n) is 11.3. The van der Waals surface area contributed by atoms with Crippen LogP contribution in [0.1, 0.15) is 43.5 Å². The molecule has 2 amide bonds. The van der Waals surface area contributed by atoms with Gasteiger partial charge in [0.25, 0.3) is 0 Å². The summed E-state index contributed by atoms with van der Waals surface area (Å²) in [6.45, 7) is 3.17. The van der Waals surface area contributed by atoms with Gasteiger partial charge in [-0.25, -0.2) is 4.98 Å². The van der Waals surface area contributed by atoms with E-state index in [1.54, 1.807) is 6.20 Å². The SMILES string of the molecule is CC(CC(=O)NC1SC2=C(CCN(C(=O)CCc3nccn3C)C2)C1C#N)c1ccccc1. The van der Waals surface area contributed by atoms with Crippen LogP contribution in [0.25, 0.3) is 0 Å². The third-order valence-electron chi connectivity index (χ3n) is 6.43. The Morgan fingerprint density at radius 2 is 2.12 bits per heavy atom. The van der Waals surface area contributed by atoms with Crippen molar-refractivity contribution >= 4 is 23.6 Å². The van der Waals surface area contributed by atoms with Gasteiger partial charge in [0.2, 0.25) is 11.8 Å².